The highest BCUT2D eigenvalue weighted by Crippen LogP contribution is 2.22. The van der Waals surface area contributed by atoms with Crippen molar-refractivity contribution < 1.29 is 19.4 Å². The highest BCUT2D eigenvalue weighted by atomic mass is 16.5. The van der Waals surface area contributed by atoms with Crippen LogP contribution in [0.3, 0.4) is 0 Å². The van der Waals surface area contributed by atoms with Crippen molar-refractivity contribution in [3.05, 3.63) is 42.0 Å². The van der Waals surface area contributed by atoms with Gasteiger partial charge in [0, 0.05) is 12.0 Å². The number of carbonyl (C=O) groups excluding carboxylic acids is 1. The first kappa shape index (κ1) is 13.3. The zero-order chi connectivity index (χ0) is 12.8. The van der Waals surface area contributed by atoms with Gasteiger partial charge in [0.25, 0.3) is 0 Å². The second-order valence-electron chi connectivity index (χ2n) is 3.59. The molecule has 0 heterocycles. The van der Waals surface area contributed by atoms with Crippen LogP contribution in [-0.2, 0) is 9.53 Å². The summed E-state index contributed by atoms with van der Waals surface area (Å²) < 4.78 is 9.53. The maximum absolute atomic E-state index is 11.1. The Hall–Kier alpha value is -1.81. The lowest BCUT2D eigenvalue weighted by Crippen LogP contribution is -2.08. The fourth-order valence-electron chi connectivity index (χ4n) is 1.40. The molecule has 0 amide bonds. The largest absolute Gasteiger partial charge is 0.497 e. The summed E-state index contributed by atoms with van der Waals surface area (Å²) in [4.78, 5) is 11.1. The Labute approximate surface area is 100 Å². The standard InChI is InChI=1S/C13H16O4/c1-9(13(15)17-3)8-12(14)10-4-6-11(16-2)7-5-10/h4-7,12,14H,1,8H2,2-3H3. The summed E-state index contributed by atoms with van der Waals surface area (Å²) in [5, 5.41) is 9.89. The van der Waals surface area contributed by atoms with Crippen molar-refractivity contribution in [1.29, 1.82) is 0 Å². The molecule has 1 aromatic carbocycles. The fourth-order valence-corrected chi connectivity index (χ4v) is 1.40. The number of aliphatic hydroxyl groups excluding tert-OH is 1. The van der Waals surface area contributed by atoms with Gasteiger partial charge in [-0.15, -0.1) is 0 Å². The smallest absolute Gasteiger partial charge is 0.333 e. The van der Waals surface area contributed by atoms with Crippen LogP contribution >= 0.6 is 0 Å². The topological polar surface area (TPSA) is 55.8 Å². The van der Waals surface area contributed by atoms with Crippen LogP contribution in [0.5, 0.6) is 5.75 Å². The van der Waals surface area contributed by atoms with E-state index in [1.54, 1.807) is 31.4 Å². The van der Waals surface area contributed by atoms with Crippen LogP contribution in [0.15, 0.2) is 36.4 Å². The maximum Gasteiger partial charge on any atom is 0.333 e. The molecule has 92 valence electrons. The predicted octanol–water partition coefficient (Wildman–Crippen LogP) is 1.85. The van der Waals surface area contributed by atoms with Gasteiger partial charge in [-0.05, 0) is 17.7 Å². The van der Waals surface area contributed by atoms with E-state index in [1.807, 2.05) is 0 Å². The summed E-state index contributed by atoms with van der Waals surface area (Å²) in [5.74, 6) is 0.213. The first-order chi connectivity index (χ1) is 8.08. The van der Waals surface area contributed by atoms with Crippen molar-refractivity contribution in [1.82, 2.24) is 0 Å². The van der Waals surface area contributed by atoms with E-state index >= 15 is 0 Å². The summed E-state index contributed by atoms with van der Waals surface area (Å²) in [6.07, 6.45) is -0.619. The van der Waals surface area contributed by atoms with Crippen molar-refractivity contribution in [2.75, 3.05) is 14.2 Å². The Morgan fingerprint density at radius 2 is 1.94 bits per heavy atom. The third kappa shape index (κ3) is 3.60. The number of hydrogen-bond donors (Lipinski definition) is 1. The number of aliphatic hydroxyl groups is 1. The Bertz CT molecular complexity index is 394. The van der Waals surface area contributed by atoms with Crippen LogP contribution in [0.2, 0.25) is 0 Å². The van der Waals surface area contributed by atoms with Crippen molar-refractivity contribution >= 4 is 5.97 Å². The molecule has 0 saturated heterocycles. The molecule has 0 aromatic heterocycles. The van der Waals surface area contributed by atoms with E-state index in [0.29, 0.717) is 11.3 Å². The zero-order valence-corrected chi connectivity index (χ0v) is 9.97. The van der Waals surface area contributed by atoms with E-state index in [4.69, 9.17) is 4.74 Å². The zero-order valence-electron chi connectivity index (χ0n) is 9.97. The number of methoxy groups -OCH3 is 2. The molecule has 17 heavy (non-hydrogen) atoms. The monoisotopic (exact) mass is 236 g/mol. The van der Waals surface area contributed by atoms with Crippen LogP contribution in [0.1, 0.15) is 18.1 Å². The molecule has 0 saturated carbocycles. The predicted molar refractivity (Wildman–Crippen MR) is 63.7 cm³/mol. The van der Waals surface area contributed by atoms with E-state index in [9.17, 15) is 9.90 Å². The minimum atomic E-state index is -0.771. The van der Waals surface area contributed by atoms with Crippen molar-refractivity contribution in [3.8, 4) is 5.75 Å². The molecule has 0 fully saturated rings. The van der Waals surface area contributed by atoms with Crippen molar-refractivity contribution in [2.45, 2.75) is 12.5 Å². The number of benzene rings is 1. The van der Waals surface area contributed by atoms with Gasteiger partial charge in [0.2, 0.25) is 0 Å². The second kappa shape index (κ2) is 6.06. The van der Waals surface area contributed by atoms with Gasteiger partial charge in [-0.2, -0.15) is 0 Å². The molecule has 0 bridgehead atoms. The minimum Gasteiger partial charge on any atom is -0.497 e. The molecule has 0 aliphatic heterocycles. The van der Waals surface area contributed by atoms with Gasteiger partial charge in [-0.25, -0.2) is 4.79 Å². The van der Waals surface area contributed by atoms with E-state index in [2.05, 4.69) is 11.3 Å². The fraction of sp³-hybridized carbons (Fsp3) is 0.308. The number of esters is 1. The molecule has 0 radical (unpaired) electrons. The lowest BCUT2D eigenvalue weighted by molar-refractivity contribution is -0.136. The van der Waals surface area contributed by atoms with Gasteiger partial charge in [0.1, 0.15) is 5.75 Å². The molecule has 0 aliphatic carbocycles. The van der Waals surface area contributed by atoms with Gasteiger partial charge in [0.15, 0.2) is 0 Å². The van der Waals surface area contributed by atoms with Crippen LogP contribution in [0, 0.1) is 0 Å². The lowest BCUT2D eigenvalue weighted by atomic mass is 10.0. The molecule has 4 nitrogen and oxygen atoms in total. The molecule has 4 heteroatoms. The summed E-state index contributed by atoms with van der Waals surface area (Å²) in [6, 6.07) is 6.99. The van der Waals surface area contributed by atoms with E-state index in [0.717, 1.165) is 0 Å². The lowest BCUT2D eigenvalue weighted by Gasteiger charge is -2.12. The number of carbonyl (C=O) groups is 1. The molecule has 1 rings (SSSR count). The molecule has 0 spiro atoms. The molecular weight excluding hydrogens is 220 g/mol. The summed E-state index contributed by atoms with van der Waals surface area (Å²) in [6.45, 7) is 3.57. The van der Waals surface area contributed by atoms with Crippen molar-refractivity contribution in [2.24, 2.45) is 0 Å². The third-order valence-electron chi connectivity index (χ3n) is 2.41. The Morgan fingerprint density at radius 1 is 1.35 bits per heavy atom. The maximum atomic E-state index is 11.1. The van der Waals surface area contributed by atoms with E-state index < -0.39 is 12.1 Å². The van der Waals surface area contributed by atoms with Gasteiger partial charge < -0.3 is 14.6 Å². The molecule has 1 atom stereocenters. The number of rotatable bonds is 5. The van der Waals surface area contributed by atoms with Crippen LogP contribution in [-0.4, -0.2) is 25.3 Å². The average molecular weight is 236 g/mol. The minimum absolute atomic E-state index is 0.152. The first-order valence-electron chi connectivity index (χ1n) is 5.16. The van der Waals surface area contributed by atoms with Gasteiger partial charge >= 0.3 is 5.97 Å². The van der Waals surface area contributed by atoms with Gasteiger partial charge in [-0.1, -0.05) is 18.7 Å². The summed E-state index contributed by atoms with van der Waals surface area (Å²) in [5.41, 5.74) is 0.951. The molecular formula is C13H16O4. The third-order valence-corrected chi connectivity index (χ3v) is 2.41. The van der Waals surface area contributed by atoms with Crippen LogP contribution < -0.4 is 4.74 Å². The number of ether oxygens (including phenoxy) is 2. The normalized spacial score (nSPS) is 11.7. The highest BCUT2D eigenvalue weighted by molar-refractivity contribution is 5.87. The summed E-state index contributed by atoms with van der Waals surface area (Å²) >= 11 is 0. The van der Waals surface area contributed by atoms with Crippen LogP contribution in [0.25, 0.3) is 0 Å². The molecule has 1 aromatic rings. The van der Waals surface area contributed by atoms with Crippen LogP contribution in [0.4, 0.5) is 0 Å². The van der Waals surface area contributed by atoms with Gasteiger partial charge in [0.05, 0.1) is 20.3 Å². The Kier molecular flexibility index (Phi) is 4.72. The number of hydrogen-bond acceptors (Lipinski definition) is 4. The first-order valence-corrected chi connectivity index (χ1v) is 5.16. The Morgan fingerprint density at radius 3 is 2.41 bits per heavy atom. The van der Waals surface area contributed by atoms with Gasteiger partial charge in [-0.3, -0.25) is 0 Å². The molecule has 1 unspecified atom stereocenters. The van der Waals surface area contributed by atoms with E-state index in [-0.39, 0.29) is 12.0 Å². The average Bonchev–Trinajstić information content (AvgIpc) is 2.37. The van der Waals surface area contributed by atoms with Crippen molar-refractivity contribution in [3.63, 3.8) is 0 Å². The second-order valence-corrected chi connectivity index (χ2v) is 3.59. The molecule has 1 N–H and O–H groups in total. The molecule has 0 aliphatic rings. The quantitative estimate of drug-likeness (QED) is 0.626. The Balaban J connectivity index is 2.66. The van der Waals surface area contributed by atoms with E-state index in [1.165, 1.54) is 7.11 Å². The SMILES string of the molecule is C=C(CC(O)c1ccc(OC)cc1)C(=O)OC. The summed E-state index contributed by atoms with van der Waals surface area (Å²) in [7, 11) is 2.86. The highest BCUT2D eigenvalue weighted by Gasteiger charge is 2.14.